The van der Waals surface area contributed by atoms with Gasteiger partial charge in [0.15, 0.2) is 5.78 Å². The maximum absolute atomic E-state index is 11.7. The fourth-order valence-corrected chi connectivity index (χ4v) is 1.61. The molecule has 16 heavy (non-hydrogen) atoms. The third-order valence-electron chi connectivity index (χ3n) is 2.40. The van der Waals surface area contributed by atoms with Gasteiger partial charge in [0.05, 0.1) is 6.61 Å². The van der Waals surface area contributed by atoms with E-state index in [1.165, 1.54) is 7.11 Å². The Morgan fingerprint density at radius 2 is 1.94 bits per heavy atom. The first kappa shape index (κ1) is 12.7. The molecule has 0 unspecified atom stereocenters. The van der Waals surface area contributed by atoms with Gasteiger partial charge in [-0.25, -0.2) is 0 Å². The fourth-order valence-electron chi connectivity index (χ4n) is 1.61. The first-order valence-electron chi connectivity index (χ1n) is 5.36. The Bertz CT molecular complexity index is 383. The lowest BCUT2D eigenvalue weighted by Gasteiger charge is -2.11. The van der Waals surface area contributed by atoms with Crippen LogP contribution < -0.4 is 4.74 Å². The van der Waals surface area contributed by atoms with Crippen LogP contribution in [0.4, 0.5) is 0 Å². The van der Waals surface area contributed by atoms with Crippen LogP contribution >= 0.6 is 0 Å². The number of ketones is 1. The SMILES string of the molecule is CCOc1cc(C)c(C(=O)COC)cc1C. The van der Waals surface area contributed by atoms with Crippen LogP contribution in [-0.2, 0) is 4.74 Å². The normalized spacial score (nSPS) is 10.2. The zero-order valence-corrected chi connectivity index (χ0v) is 10.3. The van der Waals surface area contributed by atoms with E-state index in [1.54, 1.807) is 0 Å². The summed E-state index contributed by atoms with van der Waals surface area (Å²) in [6, 6.07) is 3.77. The predicted octanol–water partition coefficient (Wildman–Crippen LogP) is 2.53. The Hall–Kier alpha value is -1.35. The number of rotatable bonds is 5. The number of carbonyl (C=O) groups is 1. The van der Waals surface area contributed by atoms with Crippen LogP contribution in [-0.4, -0.2) is 26.1 Å². The summed E-state index contributed by atoms with van der Waals surface area (Å²) in [5.74, 6) is 0.847. The maximum atomic E-state index is 11.7. The van der Waals surface area contributed by atoms with Crippen LogP contribution in [0.2, 0.25) is 0 Å². The Kier molecular flexibility index (Phi) is 4.50. The number of aryl methyl sites for hydroxylation is 2. The molecule has 1 aromatic carbocycles. The van der Waals surface area contributed by atoms with Crippen LogP contribution in [0.15, 0.2) is 12.1 Å². The van der Waals surface area contributed by atoms with E-state index in [9.17, 15) is 4.79 Å². The number of benzene rings is 1. The van der Waals surface area contributed by atoms with Crippen molar-refractivity contribution < 1.29 is 14.3 Å². The van der Waals surface area contributed by atoms with E-state index >= 15 is 0 Å². The Labute approximate surface area is 96.4 Å². The second kappa shape index (κ2) is 5.66. The second-order valence-corrected chi connectivity index (χ2v) is 3.72. The highest BCUT2D eigenvalue weighted by molar-refractivity contribution is 5.98. The molecule has 88 valence electrons. The second-order valence-electron chi connectivity index (χ2n) is 3.72. The molecule has 0 radical (unpaired) electrons. The van der Waals surface area contributed by atoms with Crippen molar-refractivity contribution >= 4 is 5.78 Å². The molecule has 3 nitrogen and oxygen atoms in total. The highest BCUT2D eigenvalue weighted by Crippen LogP contribution is 2.23. The van der Waals surface area contributed by atoms with Gasteiger partial charge >= 0.3 is 0 Å². The van der Waals surface area contributed by atoms with Crippen molar-refractivity contribution in [2.45, 2.75) is 20.8 Å². The minimum atomic E-state index is 0.00569. The summed E-state index contributed by atoms with van der Waals surface area (Å²) >= 11 is 0. The van der Waals surface area contributed by atoms with Crippen LogP contribution in [0.1, 0.15) is 28.4 Å². The highest BCUT2D eigenvalue weighted by atomic mass is 16.5. The Balaban J connectivity index is 3.05. The molecule has 0 bridgehead atoms. The quantitative estimate of drug-likeness (QED) is 0.718. The number of carbonyl (C=O) groups excluding carboxylic acids is 1. The van der Waals surface area contributed by atoms with Crippen molar-refractivity contribution in [1.82, 2.24) is 0 Å². The largest absolute Gasteiger partial charge is 0.494 e. The molecule has 0 amide bonds. The van der Waals surface area contributed by atoms with E-state index < -0.39 is 0 Å². The molecule has 0 N–H and O–H groups in total. The monoisotopic (exact) mass is 222 g/mol. The standard InChI is InChI=1S/C13H18O3/c1-5-16-13-7-9(2)11(6-10(13)3)12(14)8-15-4/h6-7H,5,8H2,1-4H3. The third kappa shape index (κ3) is 2.83. The first-order valence-corrected chi connectivity index (χ1v) is 5.36. The molecule has 3 heteroatoms. The molecule has 0 aromatic heterocycles. The summed E-state index contributed by atoms with van der Waals surface area (Å²) in [5, 5.41) is 0. The van der Waals surface area contributed by atoms with Gasteiger partial charge in [-0.3, -0.25) is 4.79 Å². The third-order valence-corrected chi connectivity index (χ3v) is 2.40. The zero-order chi connectivity index (χ0) is 12.1. The number of ether oxygens (including phenoxy) is 2. The lowest BCUT2D eigenvalue weighted by Crippen LogP contribution is -2.09. The smallest absolute Gasteiger partial charge is 0.188 e. The molecule has 0 spiro atoms. The van der Waals surface area contributed by atoms with Crippen molar-refractivity contribution in [3.63, 3.8) is 0 Å². The molecule has 0 aliphatic rings. The van der Waals surface area contributed by atoms with Gasteiger partial charge in [0, 0.05) is 12.7 Å². The van der Waals surface area contributed by atoms with E-state index in [2.05, 4.69) is 0 Å². The fraction of sp³-hybridized carbons (Fsp3) is 0.462. The molecule has 0 saturated carbocycles. The van der Waals surface area contributed by atoms with Crippen molar-refractivity contribution in [3.05, 3.63) is 28.8 Å². The van der Waals surface area contributed by atoms with Gasteiger partial charge < -0.3 is 9.47 Å². The van der Waals surface area contributed by atoms with E-state index in [-0.39, 0.29) is 12.4 Å². The zero-order valence-electron chi connectivity index (χ0n) is 10.3. The Morgan fingerprint density at radius 1 is 1.25 bits per heavy atom. The molecule has 1 aromatic rings. The molecule has 0 fully saturated rings. The van der Waals surface area contributed by atoms with Crippen LogP contribution in [0.5, 0.6) is 5.75 Å². The average molecular weight is 222 g/mol. The highest BCUT2D eigenvalue weighted by Gasteiger charge is 2.11. The van der Waals surface area contributed by atoms with Gasteiger partial charge in [-0.15, -0.1) is 0 Å². The summed E-state index contributed by atoms with van der Waals surface area (Å²) in [4.78, 5) is 11.7. The lowest BCUT2D eigenvalue weighted by molar-refractivity contribution is 0.0847. The Morgan fingerprint density at radius 3 is 2.50 bits per heavy atom. The summed E-state index contributed by atoms with van der Waals surface area (Å²) < 4.78 is 10.3. The van der Waals surface area contributed by atoms with E-state index in [4.69, 9.17) is 9.47 Å². The van der Waals surface area contributed by atoms with Gasteiger partial charge in [-0.1, -0.05) is 0 Å². The van der Waals surface area contributed by atoms with Gasteiger partial charge in [0.25, 0.3) is 0 Å². The van der Waals surface area contributed by atoms with E-state index in [0.29, 0.717) is 12.2 Å². The van der Waals surface area contributed by atoms with Crippen molar-refractivity contribution in [2.24, 2.45) is 0 Å². The minimum Gasteiger partial charge on any atom is -0.494 e. The van der Waals surface area contributed by atoms with Gasteiger partial charge in [0.1, 0.15) is 12.4 Å². The minimum absolute atomic E-state index is 0.00569. The molecule has 0 saturated heterocycles. The molecule has 0 aliphatic heterocycles. The molecular weight excluding hydrogens is 204 g/mol. The van der Waals surface area contributed by atoms with Crippen LogP contribution in [0.3, 0.4) is 0 Å². The van der Waals surface area contributed by atoms with Gasteiger partial charge in [-0.05, 0) is 44.0 Å². The van der Waals surface area contributed by atoms with Crippen molar-refractivity contribution in [3.8, 4) is 5.75 Å². The van der Waals surface area contributed by atoms with Crippen molar-refractivity contribution in [1.29, 1.82) is 0 Å². The topological polar surface area (TPSA) is 35.5 Å². The van der Waals surface area contributed by atoms with Crippen LogP contribution in [0.25, 0.3) is 0 Å². The number of methoxy groups -OCH3 is 1. The summed E-state index contributed by atoms with van der Waals surface area (Å²) in [7, 11) is 1.52. The lowest BCUT2D eigenvalue weighted by atomic mass is 10.0. The van der Waals surface area contributed by atoms with Crippen molar-refractivity contribution in [2.75, 3.05) is 20.3 Å². The summed E-state index contributed by atoms with van der Waals surface area (Å²) in [6.07, 6.45) is 0. The number of hydrogen-bond donors (Lipinski definition) is 0. The molecule has 0 aliphatic carbocycles. The molecule has 1 rings (SSSR count). The number of Topliss-reactive ketones (excluding diaryl/α,β-unsaturated/α-hetero) is 1. The predicted molar refractivity (Wildman–Crippen MR) is 63.3 cm³/mol. The van der Waals surface area contributed by atoms with Gasteiger partial charge in [-0.2, -0.15) is 0 Å². The first-order chi connectivity index (χ1) is 7.60. The summed E-state index contributed by atoms with van der Waals surface area (Å²) in [6.45, 7) is 6.54. The van der Waals surface area contributed by atoms with Crippen LogP contribution in [0, 0.1) is 13.8 Å². The van der Waals surface area contributed by atoms with E-state index in [1.807, 2.05) is 32.9 Å². The average Bonchev–Trinajstić information content (AvgIpc) is 2.23. The van der Waals surface area contributed by atoms with Gasteiger partial charge in [0.2, 0.25) is 0 Å². The van der Waals surface area contributed by atoms with E-state index in [0.717, 1.165) is 16.9 Å². The maximum Gasteiger partial charge on any atom is 0.188 e. The molecule has 0 heterocycles. The molecular formula is C13H18O3. The number of hydrogen-bond acceptors (Lipinski definition) is 3. The molecule has 0 atom stereocenters. The summed E-state index contributed by atoms with van der Waals surface area (Å²) in [5.41, 5.74) is 2.62.